The van der Waals surface area contributed by atoms with Crippen LogP contribution in [0.5, 0.6) is 0 Å². The Hall–Kier alpha value is -0.470. The maximum atomic E-state index is 3.42. The maximum absolute atomic E-state index is 3.42. The van der Waals surface area contributed by atoms with Gasteiger partial charge in [0.15, 0.2) is 0 Å². The van der Waals surface area contributed by atoms with E-state index < -0.39 is 0 Å². The Morgan fingerprint density at radius 3 is 3.00 bits per heavy atom. The minimum Gasteiger partial charge on any atom is -0.316 e. The van der Waals surface area contributed by atoms with Crippen LogP contribution in [0.4, 0.5) is 0 Å². The minimum absolute atomic E-state index is 0.796. The van der Waals surface area contributed by atoms with Gasteiger partial charge in [-0.25, -0.2) is 0 Å². The van der Waals surface area contributed by atoms with Gasteiger partial charge >= 0.3 is 0 Å². The van der Waals surface area contributed by atoms with Crippen LogP contribution >= 0.6 is 11.8 Å². The number of rotatable bonds is 2. The van der Waals surface area contributed by atoms with E-state index in [1.54, 1.807) is 11.1 Å². The topological polar surface area (TPSA) is 12.0 Å². The fourth-order valence-electron chi connectivity index (χ4n) is 2.54. The van der Waals surface area contributed by atoms with E-state index >= 15 is 0 Å². The lowest BCUT2D eigenvalue weighted by Gasteiger charge is -2.09. The minimum atomic E-state index is 0.796. The number of fused-ring (bicyclic) bond motifs is 1. The number of thioether (sulfide) groups is 1. The predicted octanol–water partition coefficient (Wildman–Crippen LogP) is 2.63. The van der Waals surface area contributed by atoms with Crippen molar-refractivity contribution in [1.29, 1.82) is 0 Å². The van der Waals surface area contributed by atoms with Crippen LogP contribution in [0.1, 0.15) is 24.0 Å². The number of benzene rings is 1. The number of hydrogen-bond donors (Lipinski definition) is 1. The SMILES string of the molecule is c1cc2c(cc1SC1CCNC1)CCC2. The first-order valence-electron chi connectivity index (χ1n) is 5.91. The van der Waals surface area contributed by atoms with Gasteiger partial charge in [0.2, 0.25) is 0 Å². The first-order chi connectivity index (χ1) is 7.42. The highest BCUT2D eigenvalue weighted by Gasteiger charge is 2.17. The van der Waals surface area contributed by atoms with E-state index in [0.29, 0.717) is 0 Å². The van der Waals surface area contributed by atoms with E-state index in [1.807, 2.05) is 0 Å². The summed E-state index contributed by atoms with van der Waals surface area (Å²) < 4.78 is 0. The summed E-state index contributed by atoms with van der Waals surface area (Å²) in [6.45, 7) is 2.38. The molecule has 1 heterocycles. The van der Waals surface area contributed by atoms with Crippen LogP contribution in [-0.4, -0.2) is 18.3 Å². The molecule has 1 fully saturated rings. The van der Waals surface area contributed by atoms with E-state index in [0.717, 1.165) is 5.25 Å². The van der Waals surface area contributed by atoms with Crippen LogP contribution < -0.4 is 5.32 Å². The lowest BCUT2D eigenvalue weighted by molar-refractivity contribution is 0.858. The van der Waals surface area contributed by atoms with Crippen molar-refractivity contribution >= 4 is 11.8 Å². The molecule has 1 N–H and O–H groups in total. The first-order valence-corrected chi connectivity index (χ1v) is 6.79. The van der Waals surface area contributed by atoms with Crippen molar-refractivity contribution in [2.45, 2.75) is 35.8 Å². The first kappa shape index (κ1) is 9.73. The summed E-state index contributed by atoms with van der Waals surface area (Å²) in [6.07, 6.45) is 5.27. The average molecular weight is 219 g/mol. The summed E-state index contributed by atoms with van der Waals surface area (Å²) in [5.41, 5.74) is 3.19. The molecule has 1 nitrogen and oxygen atoms in total. The van der Waals surface area contributed by atoms with Gasteiger partial charge < -0.3 is 5.32 Å². The second-order valence-electron chi connectivity index (χ2n) is 4.52. The molecule has 1 unspecified atom stereocenters. The largest absolute Gasteiger partial charge is 0.316 e. The highest BCUT2D eigenvalue weighted by molar-refractivity contribution is 8.00. The molecule has 0 amide bonds. The molecular weight excluding hydrogens is 202 g/mol. The number of hydrogen-bond acceptors (Lipinski definition) is 2. The standard InChI is InChI=1S/C13H17NS/c1-2-10-4-5-12(8-11(10)3-1)15-13-6-7-14-9-13/h4-5,8,13-14H,1-3,6-7,9H2. The van der Waals surface area contributed by atoms with Crippen molar-refractivity contribution in [3.63, 3.8) is 0 Å². The Bertz CT molecular complexity index is 356. The second-order valence-corrected chi connectivity index (χ2v) is 5.89. The third-order valence-electron chi connectivity index (χ3n) is 3.39. The molecule has 2 aliphatic rings. The van der Waals surface area contributed by atoms with Crippen LogP contribution in [0.25, 0.3) is 0 Å². The molecule has 80 valence electrons. The van der Waals surface area contributed by atoms with E-state index in [1.165, 1.54) is 43.7 Å². The summed E-state index contributed by atoms with van der Waals surface area (Å²) in [7, 11) is 0. The van der Waals surface area contributed by atoms with Gasteiger partial charge in [0.25, 0.3) is 0 Å². The van der Waals surface area contributed by atoms with Gasteiger partial charge in [0.05, 0.1) is 0 Å². The maximum Gasteiger partial charge on any atom is 0.0231 e. The highest BCUT2D eigenvalue weighted by atomic mass is 32.2. The Balaban J connectivity index is 1.75. The second kappa shape index (κ2) is 4.18. The van der Waals surface area contributed by atoms with Crippen LogP contribution in [0.15, 0.2) is 23.1 Å². The summed E-state index contributed by atoms with van der Waals surface area (Å²) >= 11 is 2.05. The fourth-order valence-corrected chi connectivity index (χ4v) is 3.72. The molecule has 15 heavy (non-hydrogen) atoms. The van der Waals surface area contributed by atoms with E-state index in [-0.39, 0.29) is 0 Å². The summed E-state index contributed by atoms with van der Waals surface area (Å²) in [5, 5.41) is 4.22. The normalized spacial score (nSPS) is 24.4. The molecule has 1 atom stereocenters. The summed E-state index contributed by atoms with van der Waals surface area (Å²) in [5.74, 6) is 0. The monoisotopic (exact) mass is 219 g/mol. The molecule has 1 aliphatic heterocycles. The molecule has 1 saturated heterocycles. The molecule has 0 aromatic heterocycles. The van der Waals surface area contributed by atoms with Crippen molar-refractivity contribution in [3.8, 4) is 0 Å². The van der Waals surface area contributed by atoms with Crippen LogP contribution in [0.2, 0.25) is 0 Å². The van der Waals surface area contributed by atoms with Crippen LogP contribution in [-0.2, 0) is 12.8 Å². The van der Waals surface area contributed by atoms with Crippen LogP contribution in [0.3, 0.4) is 0 Å². The van der Waals surface area contributed by atoms with Gasteiger partial charge in [-0.3, -0.25) is 0 Å². The van der Waals surface area contributed by atoms with Gasteiger partial charge in [-0.15, -0.1) is 11.8 Å². The Morgan fingerprint density at radius 1 is 1.20 bits per heavy atom. The lowest BCUT2D eigenvalue weighted by atomic mass is 10.1. The van der Waals surface area contributed by atoms with Crippen molar-refractivity contribution in [1.82, 2.24) is 5.32 Å². The molecule has 0 bridgehead atoms. The van der Waals surface area contributed by atoms with Gasteiger partial charge in [-0.05, 0) is 55.5 Å². The summed E-state index contributed by atoms with van der Waals surface area (Å²) in [4.78, 5) is 1.48. The molecular formula is C13H17NS. The smallest absolute Gasteiger partial charge is 0.0231 e. The zero-order valence-corrected chi connectivity index (χ0v) is 9.78. The fraction of sp³-hybridized carbons (Fsp3) is 0.538. The van der Waals surface area contributed by atoms with Crippen molar-refractivity contribution in [2.75, 3.05) is 13.1 Å². The molecule has 3 rings (SSSR count). The summed E-state index contributed by atoms with van der Waals surface area (Å²) in [6, 6.07) is 7.07. The molecule has 0 spiro atoms. The molecule has 1 aromatic rings. The van der Waals surface area contributed by atoms with Crippen molar-refractivity contribution < 1.29 is 0 Å². The van der Waals surface area contributed by atoms with E-state index in [9.17, 15) is 0 Å². The van der Waals surface area contributed by atoms with Gasteiger partial charge in [0.1, 0.15) is 0 Å². The van der Waals surface area contributed by atoms with Crippen LogP contribution in [0, 0.1) is 0 Å². The zero-order chi connectivity index (χ0) is 10.1. The molecule has 0 saturated carbocycles. The lowest BCUT2D eigenvalue weighted by Crippen LogP contribution is -2.09. The van der Waals surface area contributed by atoms with Crippen molar-refractivity contribution in [3.05, 3.63) is 29.3 Å². The molecule has 1 aliphatic carbocycles. The highest BCUT2D eigenvalue weighted by Crippen LogP contribution is 2.31. The molecule has 0 radical (unpaired) electrons. The molecule has 1 aromatic carbocycles. The number of aryl methyl sites for hydroxylation is 2. The third-order valence-corrected chi connectivity index (χ3v) is 4.65. The Labute approximate surface area is 95.6 Å². The third kappa shape index (κ3) is 2.06. The molecule has 2 heteroatoms. The Morgan fingerprint density at radius 2 is 2.13 bits per heavy atom. The average Bonchev–Trinajstić information content (AvgIpc) is 2.87. The Kier molecular flexibility index (Phi) is 2.72. The number of nitrogens with one attached hydrogen (secondary N) is 1. The predicted molar refractivity (Wildman–Crippen MR) is 65.6 cm³/mol. The zero-order valence-electron chi connectivity index (χ0n) is 8.96. The van der Waals surface area contributed by atoms with Gasteiger partial charge in [-0.1, -0.05) is 6.07 Å². The van der Waals surface area contributed by atoms with Gasteiger partial charge in [0, 0.05) is 16.7 Å². The quantitative estimate of drug-likeness (QED) is 0.820. The van der Waals surface area contributed by atoms with Crippen molar-refractivity contribution in [2.24, 2.45) is 0 Å². The van der Waals surface area contributed by atoms with Gasteiger partial charge in [-0.2, -0.15) is 0 Å². The van der Waals surface area contributed by atoms with E-state index in [4.69, 9.17) is 0 Å². The van der Waals surface area contributed by atoms with E-state index in [2.05, 4.69) is 35.3 Å².